The first-order valence-electron chi connectivity index (χ1n) is 5.99. The van der Waals surface area contributed by atoms with Gasteiger partial charge in [0.1, 0.15) is 11.5 Å². The van der Waals surface area contributed by atoms with E-state index in [2.05, 4.69) is 5.32 Å². The monoisotopic (exact) mass is 315 g/mol. The van der Waals surface area contributed by atoms with Crippen LogP contribution in [0.15, 0.2) is 39.6 Å². The van der Waals surface area contributed by atoms with Gasteiger partial charge in [0.15, 0.2) is 0 Å². The number of thioether (sulfide) groups is 1. The maximum Gasteiger partial charge on any atom is 0.446 e. The average molecular weight is 315 g/mol. The summed E-state index contributed by atoms with van der Waals surface area (Å²) in [5, 5.41) is 2.48. The second-order valence-electron chi connectivity index (χ2n) is 4.32. The Morgan fingerprint density at radius 3 is 2.48 bits per heavy atom. The molecule has 112 valence electrons. The van der Waals surface area contributed by atoms with Crippen LogP contribution in [-0.4, -0.2) is 11.4 Å². The van der Waals surface area contributed by atoms with Gasteiger partial charge in [0.05, 0.1) is 11.3 Å². The summed E-state index contributed by atoms with van der Waals surface area (Å²) in [6.07, 6.45) is 0. The molecule has 0 spiro atoms. The van der Waals surface area contributed by atoms with Crippen LogP contribution >= 0.6 is 11.8 Å². The van der Waals surface area contributed by atoms with E-state index >= 15 is 0 Å². The van der Waals surface area contributed by atoms with Gasteiger partial charge in [0.25, 0.3) is 5.91 Å². The van der Waals surface area contributed by atoms with Crippen molar-refractivity contribution >= 4 is 23.4 Å². The number of nitrogens with one attached hydrogen (secondary N) is 1. The Labute approximate surface area is 123 Å². The van der Waals surface area contributed by atoms with Crippen LogP contribution in [0, 0.1) is 13.8 Å². The Kier molecular flexibility index (Phi) is 4.32. The lowest BCUT2D eigenvalue weighted by molar-refractivity contribution is -0.0328. The van der Waals surface area contributed by atoms with E-state index in [9.17, 15) is 18.0 Å². The van der Waals surface area contributed by atoms with Crippen molar-refractivity contribution in [1.82, 2.24) is 0 Å². The van der Waals surface area contributed by atoms with Crippen molar-refractivity contribution in [2.24, 2.45) is 0 Å². The van der Waals surface area contributed by atoms with Crippen LogP contribution in [0.2, 0.25) is 0 Å². The van der Waals surface area contributed by atoms with Crippen molar-refractivity contribution in [3.05, 3.63) is 47.4 Å². The molecule has 0 aliphatic rings. The highest BCUT2D eigenvalue weighted by Gasteiger charge is 2.30. The molecule has 1 aromatic carbocycles. The number of carbonyl (C=O) groups is 1. The summed E-state index contributed by atoms with van der Waals surface area (Å²) in [5.74, 6) is 0.487. The molecule has 1 amide bonds. The SMILES string of the molecule is Cc1cc(C(=O)Nc2ccccc2SC(F)(F)F)c(C)o1. The van der Waals surface area contributed by atoms with E-state index in [1.54, 1.807) is 26.0 Å². The molecule has 0 saturated carbocycles. The topological polar surface area (TPSA) is 42.2 Å². The van der Waals surface area contributed by atoms with Crippen molar-refractivity contribution in [1.29, 1.82) is 0 Å². The number of hydrogen-bond acceptors (Lipinski definition) is 3. The first-order chi connectivity index (χ1) is 9.76. The summed E-state index contributed by atoms with van der Waals surface area (Å²) >= 11 is -0.264. The standard InChI is InChI=1S/C14H12F3NO2S/c1-8-7-10(9(2)20-8)13(19)18-11-5-3-4-6-12(11)21-14(15,16)17/h3-7H,1-2H3,(H,18,19). The number of rotatable bonds is 3. The molecule has 0 bridgehead atoms. The lowest BCUT2D eigenvalue weighted by Gasteiger charge is -2.11. The van der Waals surface area contributed by atoms with Gasteiger partial charge in [-0.25, -0.2) is 0 Å². The van der Waals surface area contributed by atoms with Crippen molar-refractivity contribution in [2.75, 3.05) is 5.32 Å². The van der Waals surface area contributed by atoms with Crippen LogP contribution in [0.25, 0.3) is 0 Å². The quantitative estimate of drug-likeness (QED) is 0.830. The summed E-state index contributed by atoms with van der Waals surface area (Å²) in [6, 6.07) is 7.32. The van der Waals surface area contributed by atoms with Crippen molar-refractivity contribution in [2.45, 2.75) is 24.3 Å². The molecule has 2 rings (SSSR count). The molecule has 2 aromatic rings. The summed E-state index contributed by atoms with van der Waals surface area (Å²) in [4.78, 5) is 12.0. The number of halogens is 3. The van der Waals surface area contributed by atoms with Crippen molar-refractivity contribution in [3.63, 3.8) is 0 Å². The predicted octanol–water partition coefficient (Wildman–Crippen LogP) is 4.76. The molecule has 1 heterocycles. The minimum Gasteiger partial charge on any atom is -0.466 e. The van der Waals surface area contributed by atoms with Gasteiger partial charge in [0.2, 0.25) is 0 Å². The molecule has 0 aliphatic heterocycles. The van der Waals surface area contributed by atoms with E-state index in [4.69, 9.17) is 4.42 Å². The first-order valence-corrected chi connectivity index (χ1v) is 6.81. The van der Waals surface area contributed by atoms with Gasteiger partial charge in [-0.15, -0.1) is 0 Å². The van der Waals surface area contributed by atoms with E-state index in [-0.39, 0.29) is 22.3 Å². The largest absolute Gasteiger partial charge is 0.466 e. The third-order valence-electron chi connectivity index (χ3n) is 2.65. The predicted molar refractivity (Wildman–Crippen MR) is 74.5 cm³/mol. The number of benzene rings is 1. The average Bonchev–Trinajstić information content (AvgIpc) is 2.69. The maximum absolute atomic E-state index is 12.5. The van der Waals surface area contributed by atoms with Gasteiger partial charge < -0.3 is 9.73 Å². The van der Waals surface area contributed by atoms with Crippen LogP contribution in [0.3, 0.4) is 0 Å². The van der Waals surface area contributed by atoms with Crippen LogP contribution < -0.4 is 5.32 Å². The highest BCUT2D eigenvalue weighted by Crippen LogP contribution is 2.40. The third-order valence-corrected chi connectivity index (χ3v) is 3.45. The zero-order chi connectivity index (χ0) is 15.6. The van der Waals surface area contributed by atoms with E-state index in [1.165, 1.54) is 18.2 Å². The second kappa shape index (κ2) is 5.85. The number of alkyl halides is 3. The Morgan fingerprint density at radius 2 is 1.90 bits per heavy atom. The fourth-order valence-electron chi connectivity index (χ4n) is 1.83. The van der Waals surface area contributed by atoms with Gasteiger partial charge in [-0.1, -0.05) is 12.1 Å². The molecule has 0 atom stereocenters. The highest BCUT2D eigenvalue weighted by atomic mass is 32.2. The molecule has 0 fully saturated rings. The summed E-state index contributed by atoms with van der Waals surface area (Å²) in [7, 11) is 0. The number of aryl methyl sites for hydroxylation is 2. The molecule has 1 aromatic heterocycles. The second-order valence-corrected chi connectivity index (χ2v) is 5.43. The molecule has 0 radical (unpaired) electrons. The highest BCUT2D eigenvalue weighted by molar-refractivity contribution is 8.00. The molecule has 7 heteroatoms. The molecule has 0 saturated heterocycles. The molecular weight excluding hydrogens is 303 g/mol. The summed E-state index contributed by atoms with van der Waals surface area (Å²) < 4.78 is 42.7. The molecule has 0 aliphatic carbocycles. The Morgan fingerprint density at radius 1 is 1.24 bits per heavy atom. The third kappa shape index (κ3) is 4.04. The van der Waals surface area contributed by atoms with Gasteiger partial charge >= 0.3 is 5.51 Å². The van der Waals surface area contributed by atoms with Crippen LogP contribution in [0.5, 0.6) is 0 Å². The molecule has 21 heavy (non-hydrogen) atoms. The van der Waals surface area contributed by atoms with E-state index in [0.29, 0.717) is 17.1 Å². The number of furan rings is 1. The summed E-state index contributed by atoms with van der Waals surface area (Å²) in [5.41, 5.74) is -3.99. The van der Waals surface area contributed by atoms with Gasteiger partial charge in [-0.3, -0.25) is 4.79 Å². The minimum absolute atomic E-state index is 0.0591. The van der Waals surface area contributed by atoms with Crippen LogP contribution in [0.1, 0.15) is 21.9 Å². The van der Waals surface area contributed by atoms with E-state index in [1.807, 2.05) is 0 Å². The number of amides is 1. The molecular formula is C14H12F3NO2S. The van der Waals surface area contributed by atoms with Crippen molar-refractivity contribution in [3.8, 4) is 0 Å². The Hall–Kier alpha value is -1.89. The normalized spacial score (nSPS) is 11.5. The lowest BCUT2D eigenvalue weighted by atomic mass is 10.2. The number of carbonyl (C=O) groups excluding carboxylic acids is 1. The smallest absolute Gasteiger partial charge is 0.446 e. The van der Waals surface area contributed by atoms with Gasteiger partial charge in [-0.05, 0) is 43.8 Å². The molecule has 0 unspecified atom stereocenters. The number of anilines is 1. The minimum atomic E-state index is -4.41. The number of hydrogen-bond donors (Lipinski definition) is 1. The Balaban J connectivity index is 2.24. The lowest BCUT2D eigenvalue weighted by Crippen LogP contribution is -2.13. The zero-order valence-electron chi connectivity index (χ0n) is 11.2. The fraction of sp³-hybridized carbons (Fsp3) is 0.214. The zero-order valence-corrected chi connectivity index (χ0v) is 12.1. The Bertz CT molecular complexity index is 664. The van der Waals surface area contributed by atoms with E-state index < -0.39 is 11.4 Å². The molecule has 1 N–H and O–H groups in total. The van der Waals surface area contributed by atoms with Gasteiger partial charge in [-0.2, -0.15) is 13.2 Å². The van der Waals surface area contributed by atoms with E-state index in [0.717, 1.165) is 0 Å². The van der Waals surface area contributed by atoms with Crippen LogP contribution in [0.4, 0.5) is 18.9 Å². The fourth-order valence-corrected chi connectivity index (χ4v) is 2.45. The molecule has 3 nitrogen and oxygen atoms in total. The maximum atomic E-state index is 12.5. The van der Waals surface area contributed by atoms with Crippen LogP contribution in [-0.2, 0) is 0 Å². The van der Waals surface area contributed by atoms with Crippen molar-refractivity contribution < 1.29 is 22.4 Å². The summed E-state index contributed by atoms with van der Waals surface area (Å²) in [6.45, 7) is 3.31. The first kappa shape index (κ1) is 15.5. The van der Waals surface area contributed by atoms with Gasteiger partial charge in [0, 0.05) is 4.90 Å². The number of para-hydroxylation sites is 1.